The Bertz CT molecular complexity index is 1100. The van der Waals surface area contributed by atoms with Crippen molar-refractivity contribution in [2.45, 2.75) is 20.3 Å². The Hall–Kier alpha value is -3.79. The van der Waals surface area contributed by atoms with Crippen molar-refractivity contribution in [3.05, 3.63) is 64.8 Å². The third-order valence-corrected chi connectivity index (χ3v) is 4.55. The van der Waals surface area contributed by atoms with E-state index in [-0.39, 0.29) is 0 Å². The van der Waals surface area contributed by atoms with Gasteiger partial charge in [0.05, 0.1) is 31.2 Å². The van der Waals surface area contributed by atoms with Crippen LogP contribution in [0.1, 0.15) is 34.1 Å². The summed E-state index contributed by atoms with van der Waals surface area (Å²) >= 11 is 0. The number of para-hydroxylation sites is 2. The largest absolute Gasteiger partial charge is 0.494 e. The third kappa shape index (κ3) is 3.78. The van der Waals surface area contributed by atoms with Crippen LogP contribution in [0.5, 0.6) is 5.75 Å². The highest BCUT2D eigenvalue weighted by Gasteiger charge is 2.22. The van der Waals surface area contributed by atoms with Crippen molar-refractivity contribution in [1.29, 1.82) is 5.26 Å². The van der Waals surface area contributed by atoms with Crippen LogP contribution in [0.2, 0.25) is 0 Å². The van der Waals surface area contributed by atoms with E-state index < -0.39 is 5.97 Å². The Kier molecular flexibility index (Phi) is 5.84. The lowest BCUT2D eigenvalue weighted by atomic mass is 10.1. The molecular formula is C22H22N4O3. The lowest BCUT2D eigenvalue weighted by Gasteiger charge is -2.15. The Morgan fingerprint density at radius 3 is 2.66 bits per heavy atom. The summed E-state index contributed by atoms with van der Waals surface area (Å²) in [4.78, 5) is 12.3. The van der Waals surface area contributed by atoms with E-state index in [0.29, 0.717) is 46.2 Å². The van der Waals surface area contributed by atoms with Crippen LogP contribution in [-0.2, 0) is 11.2 Å². The fourth-order valence-corrected chi connectivity index (χ4v) is 3.10. The molecule has 7 nitrogen and oxygen atoms in total. The van der Waals surface area contributed by atoms with Crippen molar-refractivity contribution in [2.24, 2.45) is 0 Å². The number of aryl methyl sites for hydroxylation is 2. The van der Waals surface area contributed by atoms with E-state index in [1.54, 1.807) is 23.9 Å². The lowest BCUT2D eigenvalue weighted by Crippen LogP contribution is -2.09. The first-order valence-electron chi connectivity index (χ1n) is 9.15. The number of rotatable bonds is 6. The number of hydrogen-bond acceptors (Lipinski definition) is 6. The van der Waals surface area contributed by atoms with Crippen LogP contribution in [0.3, 0.4) is 0 Å². The zero-order chi connectivity index (χ0) is 21.0. The van der Waals surface area contributed by atoms with Crippen LogP contribution in [0.4, 0.5) is 11.5 Å². The van der Waals surface area contributed by atoms with Crippen LogP contribution < -0.4 is 10.1 Å². The molecule has 148 valence electrons. The molecule has 3 rings (SSSR count). The molecule has 0 radical (unpaired) electrons. The highest BCUT2D eigenvalue weighted by Crippen LogP contribution is 2.32. The van der Waals surface area contributed by atoms with Gasteiger partial charge in [-0.05, 0) is 37.6 Å². The number of anilines is 2. The first-order chi connectivity index (χ1) is 14.0. The molecule has 0 aliphatic rings. The van der Waals surface area contributed by atoms with Gasteiger partial charge in [-0.2, -0.15) is 10.4 Å². The molecular weight excluding hydrogens is 368 g/mol. The van der Waals surface area contributed by atoms with Crippen molar-refractivity contribution in [1.82, 2.24) is 9.78 Å². The van der Waals surface area contributed by atoms with Crippen LogP contribution in [0.25, 0.3) is 5.69 Å². The molecule has 0 aliphatic heterocycles. The van der Waals surface area contributed by atoms with Crippen LogP contribution in [0, 0.1) is 18.3 Å². The minimum Gasteiger partial charge on any atom is -0.494 e. The number of methoxy groups -OCH3 is 2. The number of benzene rings is 2. The smallest absolute Gasteiger partial charge is 0.339 e. The number of carbonyl (C=O) groups is 1. The second kappa shape index (κ2) is 8.48. The Morgan fingerprint density at radius 2 is 2.00 bits per heavy atom. The second-order valence-corrected chi connectivity index (χ2v) is 6.38. The van der Waals surface area contributed by atoms with E-state index in [2.05, 4.69) is 16.5 Å². The van der Waals surface area contributed by atoms with Gasteiger partial charge >= 0.3 is 5.97 Å². The third-order valence-electron chi connectivity index (χ3n) is 4.55. The quantitative estimate of drug-likeness (QED) is 0.636. The normalized spacial score (nSPS) is 10.3. The zero-order valence-corrected chi connectivity index (χ0v) is 16.8. The lowest BCUT2D eigenvalue weighted by molar-refractivity contribution is 0.0602. The topological polar surface area (TPSA) is 89.2 Å². The minimum atomic E-state index is -0.464. The molecule has 0 saturated carbocycles. The molecule has 0 unspecified atom stereocenters. The monoisotopic (exact) mass is 390 g/mol. The SMILES string of the molecule is CCc1nn(-c2ccccc2OC)c(Nc2ccc(C)cc2C(=O)OC)c1C#N. The van der Waals surface area contributed by atoms with Gasteiger partial charge < -0.3 is 14.8 Å². The first-order valence-corrected chi connectivity index (χ1v) is 9.15. The molecule has 3 aromatic rings. The highest BCUT2D eigenvalue weighted by atomic mass is 16.5. The van der Waals surface area contributed by atoms with Gasteiger partial charge in [-0.15, -0.1) is 0 Å². The van der Waals surface area contributed by atoms with Gasteiger partial charge in [0.15, 0.2) is 5.82 Å². The molecule has 0 spiro atoms. The van der Waals surface area contributed by atoms with Crippen LogP contribution in [-0.4, -0.2) is 30.0 Å². The van der Waals surface area contributed by atoms with Gasteiger partial charge in [-0.1, -0.05) is 30.7 Å². The molecule has 1 aromatic heterocycles. The molecule has 1 heterocycles. The van der Waals surface area contributed by atoms with E-state index in [1.807, 2.05) is 44.2 Å². The number of aromatic nitrogens is 2. The molecule has 1 N–H and O–H groups in total. The maximum absolute atomic E-state index is 12.3. The fourth-order valence-electron chi connectivity index (χ4n) is 3.10. The van der Waals surface area contributed by atoms with Crippen molar-refractivity contribution >= 4 is 17.5 Å². The standard InChI is InChI=1S/C22H22N4O3/c1-5-17-16(13-23)21(26(25-17)19-8-6-7-9-20(19)28-3)24-18-11-10-14(2)12-15(18)22(27)29-4/h6-12,24H,5H2,1-4H3. The molecule has 0 atom stereocenters. The van der Waals surface area contributed by atoms with Crippen LogP contribution >= 0.6 is 0 Å². The summed E-state index contributed by atoms with van der Waals surface area (Å²) in [5.41, 5.74) is 3.56. The number of nitriles is 1. The molecule has 0 saturated heterocycles. The maximum atomic E-state index is 12.3. The van der Waals surface area contributed by atoms with Crippen molar-refractivity contribution in [3.8, 4) is 17.5 Å². The van der Waals surface area contributed by atoms with Crippen molar-refractivity contribution in [3.63, 3.8) is 0 Å². The Labute approximate surface area is 169 Å². The number of ether oxygens (including phenoxy) is 2. The zero-order valence-electron chi connectivity index (χ0n) is 16.8. The van der Waals surface area contributed by atoms with Crippen molar-refractivity contribution in [2.75, 3.05) is 19.5 Å². The first kappa shape index (κ1) is 20.0. The van der Waals surface area contributed by atoms with Gasteiger partial charge in [0.1, 0.15) is 23.1 Å². The van der Waals surface area contributed by atoms with Gasteiger partial charge in [-0.25, -0.2) is 9.48 Å². The summed E-state index contributed by atoms with van der Waals surface area (Å²) in [5, 5.41) is 17.6. The Balaban J connectivity index is 2.22. The van der Waals surface area contributed by atoms with E-state index in [1.165, 1.54) is 7.11 Å². The second-order valence-electron chi connectivity index (χ2n) is 6.38. The summed E-state index contributed by atoms with van der Waals surface area (Å²) in [5.74, 6) is 0.610. The van der Waals surface area contributed by atoms with E-state index in [0.717, 1.165) is 5.56 Å². The molecule has 0 amide bonds. The fraction of sp³-hybridized carbons (Fsp3) is 0.227. The van der Waals surface area contributed by atoms with Crippen LogP contribution in [0.15, 0.2) is 42.5 Å². The molecule has 0 fully saturated rings. The van der Waals surface area contributed by atoms with E-state index >= 15 is 0 Å². The summed E-state index contributed by atoms with van der Waals surface area (Å²) in [6.45, 7) is 3.83. The molecule has 29 heavy (non-hydrogen) atoms. The highest BCUT2D eigenvalue weighted by molar-refractivity contribution is 5.97. The van der Waals surface area contributed by atoms with Crippen molar-refractivity contribution < 1.29 is 14.3 Å². The minimum absolute atomic E-state index is 0.377. The average Bonchev–Trinajstić information content (AvgIpc) is 3.11. The van der Waals surface area contributed by atoms with E-state index in [9.17, 15) is 10.1 Å². The number of esters is 1. The Morgan fingerprint density at radius 1 is 1.24 bits per heavy atom. The molecule has 0 aliphatic carbocycles. The average molecular weight is 390 g/mol. The van der Waals surface area contributed by atoms with Gasteiger partial charge in [0.25, 0.3) is 0 Å². The predicted molar refractivity (Wildman–Crippen MR) is 110 cm³/mol. The molecule has 2 aromatic carbocycles. The van der Waals surface area contributed by atoms with Gasteiger partial charge in [0.2, 0.25) is 0 Å². The summed E-state index contributed by atoms with van der Waals surface area (Å²) in [7, 11) is 2.92. The molecule has 0 bridgehead atoms. The number of nitrogens with zero attached hydrogens (tertiary/aromatic N) is 3. The summed E-state index contributed by atoms with van der Waals surface area (Å²) < 4.78 is 12.0. The number of carbonyl (C=O) groups excluding carboxylic acids is 1. The number of hydrogen-bond donors (Lipinski definition) is 1. The van der Waals surface area contributed by atoms with Gasteiger partial charge in [0, 0.05) is 0 Å². The summed E-state index contributed by atoms with van der Waals surface area (Å²) in [6.07, 6.45) is 0.581. The molecule has 7 heteroatoms. The number of nitrogens with one attached hydrogen (secondary N) is 1. The maximum Gasteiger partial charge on any atom is 0.339 e. The van der Waals surface area contributed by atoms with E-state index in [4.69, 9.17) is 9.47 Å². The predicted octanol–water partition coefficient (Wildman–Crippen LogP) is 4.15. The van der Waals surface area contributed by atoms with Gasteiger partial charge in [-0.3, -0.25) is 0 Å². The summed E-state index contributed by atoms with van der Waals surface area (Å²) in [6, 6.07) is 15.0.